The van der Waals surface area contributed by atoms with Crippen LogP contribution < -0.4 is 5.32 Å². The van der Waals surface area contributed by atoms with Crippen LogP contribution in [0, 0.1) is 0 Å². The molecule has 0 radical (unpaired) electrons. The van der Waals surface area contributed by atoms with E-state index >= 15 is 0 Å². The Bertz CT molecular complexity index is 614. The van der Waals surface area contributed by atoms with Gasteiger partial charge < -0.3 is 0 Å². The Morgan fingerprint density at radius 2 is 2.11 bits per heavy atom. The number of rotatable bonds is 3. The van der Waals surface area contributed by atoms with Crippen molar-refractivity contribution in [3.05, 3.63) is 33.0 Å². The van der Waals surface area contributed by atoms with Crippen LogP contribution in [-0.4, -0.2) is 21.1 Å². The molecule has 1 N–H and O–H groups in total. The highest BCUT2D eigenvalue weighted by Gasteiger charge is 2.15. The summed E-state index contributed by atoms with van der Waals surface area (Å²) in [6.07, 6.45) is 0. The standard InChI is InChI=1S/C11H10Cl2N4OS/c1-5(2)7-4-19-11(14-7)15-10(18)6-3-8(12)16-17-9(6)13/h3-5H,1-2H3,(H,14,15,18). The Morgan fingerprint density at radius 1 is 1.37 bits per heavy atom. The molecule has 2 aromatic heterocycles. The molecule has 0 aliphatic carbocycles. The smallest absolute Gasteiger partial charge is 0.260 e. The van der Waals surface area contributed by atoms with E-state index in [-0.39, 0.29) is 15.9 Å². The quantitative estimate of drug-likeness (QED) is 0.939. The minimum absolute atomic E-state index is 0.00235. The third-order valence-electron chi connectivity index (χ3n) is 2.30. The van der Waals surface area contributed by atoms with Gasteiger partial charge in [0.1, 0.15) is 0 Å². The van der Waals surface area contributed by atoms with Gasteiger partial charge in [-0.05, 0) is 12.0 Å². The second kappa shape index (κ2) is 5.81. The minimum Gasteiger partial charge on any atom is -0.298 e. The van der Waals surface area contributed by atoms with E-state index < -0.39 is 5.91 Å². The number of hydrogen-bond acceptors (Lipinski definition) is 5. The van der Waals surface area contributed by atoms with E-state index in [1.165, 1.54) is 17.4 Å². The third kappa shape index (κ3) is 3.40. The maximum absolute atomic E-state index is 12.0. The summed E-state index contributed by atoms with van der Waals surface area (Å²) >= 11 is 12.8. The lowest BCUT2D eigenvalue weighted by atomic mass is 10.2. The summed E-state index contributed by atoms with van der Waals surface area (Å²) in [5, 5.41) is 12.3. The van der Waals surface area contributed by atoms with Crippen LogP contribution in [0.2, 0.25) is 10.3 Å². The maximum Gasteiger partial charge on any atom is 0.260 e. The molecule has 2 aromatic rings. The van der Waals surface area contributed by atoms with Crippen LogP contribution in [0.25, 0.3) is 0 Å². The average Bonchev–Trinajstić information content (AvgIpc) is 2.80. The van der Waals surface area contributed by atoms with E-state index in [2.05, 4.69) is 20.5 Å². The summed E-state index contributed by atoms with van der Waals surface area (Å²) in [6.45, 7) is 4.06. The maximum atomic E-state index is 12.0. The van der Waals surface area contributed by atoms with Gasteiger partial charge in [0.2, 0.25) is 0 Å². The molecule has 19 heavy (non-hydrogen) atoms. The Hall–Kier alpha value is -1.24. The van der Waals surface area contributed by atoms with Crippen LogP contribution >= 0.6 is 34.5 Å². The Kier molecular flexibility index (Phi) is 4.34. The van der Waals surface area contributed by atoms with Gasteiger partial charge in [0.05, 0.1) is 11.3 Å². The Morgan fingerprint density at radius 3 is 2.74 bits per heavy atom. The fourth-order valence-electron chi connectivity index (χ4n) is 1.29. The summed E-state index contributed by atoms with van der Waals surface area (Å²) in [5.41, 5.74) is 1.10. The number of hydrogen-bond donors (Lipinski definition) is 1. The number of amides is 1. The van der Waals surface area contributed by atoms with E-state index in [0.29, 0.717) is 11.0 Å². The van der Waals surface area contributed by atoms with E-state index in [0.717, 1.165) is 5.69 Å². The zero-order chi connectivity index (χ0) is 14.0. The van der Waals surface area contributed by atoms with Gasteiger partial charge in [0, 0.05) is 5.38 Å². The monoisotopic (exact) mass is 316 g/mol. The van der Waals surface area contributed by atoms with Crippen molar-refractivity contribution in [3.63, 3.8) is 0 Å². The van der Waals surface area contributed by atoms with Crippen LogP contribution in [0.1, 0.15) is 35.8 Å². The number of carbonyl (C=O) groups is 1. The SMILES string of the molecule is CC(C)c1csc(NC(=O)c2cc(Cl)nnc2Cl)n1. The number of nitrogens with zero attached hydrogens (tertiary/aromatic N) is 3. The summed E-state index contributed by atoms with van der Waals surface area (Å²) in [5.74, 6) is -0.103. The molecular weight excluding hydrogens is 307 g/mol. The number of anilines is 1. The Labute approximate surface area is 124 Å². The minimum atomic E-state index is -0.411. The van der Waals surface area contributed by atoms with E-state index in [1.807, 2.05) is 19.2 Å². The van der Waals surface area contributed by atoms with Gasteiger partial charge in [-0.2, -0.15) is 0 Å². The molecule has 0 saturated carbocycles. The van der Waals surface area contributed by atoms with Crippen LogP contribution in [0.4, 0.5) is 5.13 Å². The fraction of sp³-hybridized carbons (Fsp3) is 0.273. The lowest BCUT2D eigenvalue weighted by Gasteiger charge is -2.03. The van der Waals surface area contributed by atoms with Gasteiger partial charge in [0.25, 0.3) is 5.91 Å². The first-order valence-electron chi connectivity index (χ1n) is 5.43. The molecular formula is C11H10Cl2N4OS. The molecule has 0 atom stereocenters. The molecule has 2 rings (SSSR count). The van der Waals surface area contributed by atoms with Crippen molar-refractivity contribution in [2.45, 2.75) is 19.8 Å². The molecule has 0 aliphatic heterocycles. The van der Waals surface area contributed by atoms with E-state index in [1.54, 1.807) is 0 Å². The number of thiazole rings is 1. The second-order valence-electron chi connectivity index (χ2n) is 4.06. The molecule has 0 aliphatic rings. The van der Waals surface area contributed by atoms with Crippen molar-refractivity contribution >= 4 is 45.6 Å². The van der Waals surface area contributed by atoms with Gasteiger partial charge >= 0.3 is 0 Å². The van der Waals surface area contributed by atoms with Crippen LogP contribution in [0.5, 0.6) is 0 Å². The molecule has 100 valence electrons. The normalized spacial score (nSPS) is 10.8. The summed E-state index contributed by atoms with van der Waals surface area (Å²) < 4.78 is 0. The molecule has 0 aromatic carbocycles. The van der Waals surface area contributed by atoms with Crippen molar-refractivity contribution in [3.8, 4) is 0 Å². The molecule has 0 saturated heterocycles. The van der Waals surface area contributed by atoms with E-state index in [4.69, 9.17) is 23.2 Å². The zero-order valence-electron chi connectivity index (χ0n) is 10.1. The highest BCUT2D eigenvalue weighted by molar-refractivity contribution is 7.14. The van der Waals surface area contributed by atoms with Crippen molar-refractivity contribution in [1.82, 2.24) is 15.2 Å². The Balaban J connectivity index is 2.18. The number of carbonyl (C=O) groups excluding carboxylic acids is 1. The van der Waals surface area contributed by atoms with E-state index in [9.17, 15) is 4.79 Å². The zero-order valence-corrected chi connectivity index (χ0v) is 12.5. The summed E-state index contributed by atoms with van der Waals surface area (Å²) in [4.78, 5) is 16.3. The number of aromatic nitrogens is 3. The van der Waals surface area contributed by atoms with Crippen molar-refractivity contribution in [2.75, 3.05) is 5.32 Å². The average molecular weight is 317 g/mol. The predicted molar refractivity (Wildman–Crippen MR) is 76.2 cm³/mol. The lowest BCUT2D eigenvalue weighted by molar-refractivity contribution is 0.102. The van der Waals surface area contributed by atoms with Crippen LogP contribution in [0.3, 0.4) is 0 Å². The molecule has 0 spiro atoms. The first-order valence-corrected chi connectivity index (χ1v) is 7.06. The van der Waals surface area contributed by atoms with Gasteiger partial charge in [-0.15, -0.1) is 21.5 Å². The van der Waals surface area contributed by atoms with Crippen LogP contribution in [0.15, 0.2) is 11.4 Å². The number of halogens is 2. The van der Waals surface area contributed by atoms with Gasteiger partial charge in [-0.25, -0.2) is 4.98 Å². The molecule has 2 heterocycles. The van der Waals surface area contributed by atoms with Crippen molar-refractivity contribution in [1.29, 1.82) is 0 Å². The lowest BCUT2D eigenvalue weighted by Crippen LogP contribution is -2.13. The number of nitrogens with one attached hydrogen (secondary N) is 1. The fourth-order valence-corrected chi connectivity index (χ4v) is 2.48. The van der Waals surface area contributed by atoms with Crippen LogP contribution in [-0.2, 0) is 0 Å². The molecule has 8 heteroatoms. The van der Waals surface area contributed by atoms with Crippen molar-refractivity contribution < 1.29 is 4.79 Å². The van der Waals surface area contributed by atoms with Crippen molar-refractivity contribution in [2.24, 2.45) is 0 Å². The first kappa shape index (κ1) is 14.2. The molecule has 1 amide bonds. The largest absolute Gasteiger partial charge is 0.298 e. The summed E-state index contributed by atoms with van der Waals surface area (Å²) in [7, 11) is 0. The topological polar surface area (TPSA) is 67.8 Å². The second-order valence-corrected chi connectivity index (χ2v) is 5.66. The van der Waals surface area contributed by atoms with Gasteiger partial charge in [-0.3, -0.25) is 10.1 Å². The third-order valence-corrected chi connectivity index (χ3v) is 3.54. The summed E-state index contributed by atoms with van der Waals surface area (Å²) in [6, 6.07) is 1.36. The first-order chi connectivity index (χ1) is 8.97. The van der Waals surface area contributed by atoms with Gasteiger partial charge in [0.15, 0.2) is 15.4 Å². The molecule has 5 nitrogen and oxygen atoms in total. The molecule has 0 fully saturated rings. The predicted octanol–water partition coefficient (Wildman–Crippen LogP) is 3.62. The molecule has 0 unspecified atom stereocenters. The van der Waals surface area contributed by atoms with Gasteiger partial charge in [-0.1, -0.05) is 37.0 Å². The highest BCUT2D eigenvalue weighted by atomic mass is 35.5. The molecule has 0 bridgehead atoms. The highest BCUT2D eigenvalue weighted by Crippen LogP contribution is 2.23.